The second kappa shape index (κ2) is 7.08. The van der Waals surface area contributed by atoms with Gasteiger partial charge in [0.25, 0.3) is 0 Å². The van der Waals surface area contributed by atoms with E-state index < -0.39 is 6.10 Å². The van der Waals surface area contributed by atoms with Crippen LogP contribution in [0, 0.1) is 6.92 Å². The number of rotatable bonds is 6. The van der Waals surface area contributed by atoms with Gasteiger partial charge in [0.05, 0.1) is 13.2 Å². The van der Waals surface area contributed by atoms with Crippen LogP contribution in [0.4, 0.5) is 0 Å². The third-order valence-electron chi connectivity index (χ3n) is 3.41. The van der Waals surface area contributed by atoms with E-state index in [4.69, 9.17) is 4.74 Å². The molecule has 0 saturated carbocycles. The molecule has 0 heterocycles. The summed E-state index contributed by atoms with van der Waals surface area (Å²) in [5, 5.41) is 13.4. The summed E-state index contributed by atoms with van der Waals surface area (Å²) in [6, 6.07) is 15.8. The maximum atomic E-state index is 10.1. The van der Waals surface area contributed by atoms with Crippen LogP contribution in [-0.2, 0) is 6.54 Å². The standard InChI is InChI=1S/C17H21NO2/c1-13-5-3-4-6-15(13)11-18-12-17(19)14-7-9-16(20-2)10-8-14/h3-10,17-19H,11-12H2,1-2H3. The largest absolute Gasteiger partial charge is 0.497 e. The summed E-state index contributed by atoms with van der Waals surface area (Å²) < 4.78 is 5.10. The minimum absolute atomic E-state index is 0.509. The van der Waals surface area contributed by atoms with Gasteiger partial charge in [0, 0.05) is 13.1 Å². The van der Waals surface area contributed by atoms with E-state index in [1.165, 1.54) is 11.1 Å². The molecule has 0 amide bonds. The first-order chi connectivity index (χ1) is 9.70. The summed E-state index contributed by atoms with van der Waals surface area (Å²) in [5.41, 5.74) is 3.41. The lowest BCUT2D eigenvalue weighted by atomic mass is 10.1. The summed E-state index contributed by atoms with van der Waals surface area (Å²) in [6.07, 6.45) is -0.509. The van der Waals surface area contributed by atoms with Crippen molar-refractivity contribution in [3.63, 3.8) is 0 Å². The quantitative estimate of drug-likeness (QED) is 0.849. The molecular weight excluding hydrogens is 250 g/mol. The van der Waals surface area contributed by atoms with E-state index in [1.54, 1.807) is 7.11 Å². The van der Waals surface area contributed by atoms with Gasteiger partial charge < -0.3 is 15.2 Å². The molecule has 0 bridgehead atoms. The number of hydrogen-bond donors (Lipinski definition) is 2. The minimum atomic E-state index is -0.509. The summed E-state index contributed by atoms with van der Waals surface area (Å²) >= 11 is 0. The Labute approximate surface area is 120 Å². The summed E-state index contributed by atoms with van der Waals surface area (Å²) in [6.45, 7) is 3.39. The fourth-order valence-electron chi connectivity index (χ4n) is 2.10. The molecule has 0 radical (unpaired) electrons. The molecule has 20 heavy (non-hydrogen) atoms. The molecule has 0 aliphatic heterocycles. The van der Waals surface area contributed by atoms with Crippen molar-refractivity contribution in [3.8, 4) is 5.75 Å². The Balaban J connectivity index is 1.85. The molecule has 3 heteroatoms. The predicted octanol–water partition coefficient (Wildman–Crippen LogP) is 2.83. The molecule has 0 aliphatic rings. The van der Waals surface area contributed by atoms with E-state index in [9.17, 15) is 5.11 Å². The van der Waals surface area contributed by atoms with Crippen molar-refractivity contribution < 1.29 is 9.84 Å². The number of aliphatic hydroxyl groups is 1. The number of methoxy groups -OCH3 is 1. The smallest absolute Gasteiger partial charge is 0.118 e. The van der Waals surface area contributed by atoms with Crippen molar-refractivity contribution >= 4 is 0 Å². The van der Waals surface area contributed by atoms with Gasteiger partial charge in [0.1, 0.15) is 5.75 Å². The zero-order chi connectivity index (χ0) is 14.4. The summed E-state index contributed by atoms with van der Waals surface area (Å²) in [7, 11) is 1.63. The first-order valence-electron chi connectivity index (χ1n) is 6.78. The fraction of sp³-hybridized carbons (Fsp3) is 0.294. The van der Waals surface area contributed by atoms with Gasteiger partial charge in [-0.15, -0.1) is 0 Å². The number of benzene rings is 2. The zero-order valence-electron chi connectivity index (χ0n) is 12.0. The van der Waals surface area contributed by atoms with Gasteiger partial charge >= 0.3 is 0 Å². The van der Waals surface area contributed by atoms with Gasteiger partial charge in [-0.05, 0) is 35.7 Å². The molecule has 1 atom stereocenters. The fourth-order valence-corrected chi connectivity index (χ4v) is 2.10. The Bertz CT molecular complexity index is 537. The lowest BCUT2D eigenvalue weighted by Gasteiger charge is -2.13. The maximum Gasteiger partial charge on any atom is 0.118 e. The Morgan fingerprint density at radius 1 is 1.10 bits per heavy atom. The van der Waals surface area contributed by atoms with Crippen LogP contribution in [0.1, 0.15) is 22.8 Å². The second-order valence-electron chi connectivity index (χ2n) is 4.85. The molecule has 2 aromatic rings. The summed E-state index contributed by atoms with van der Waals surface area (Å²) in [4.78, 5) is 0. The normalized spacial score (nSPS) is 12.2. The Morgan fingerprint density at radius 3 is 2.45 bits per heavy atom. The Kier molecular flexibility index (Phi) is 5.16. The van der Waals surface area contributed by atoms with Gasteiger partial charge in [-0.25, -0.2) is 0 Å². The Morgan fingerprint density at radius 2 is 1.80 bits per heavy atom. The molecule has 106 valence electrons. The molecule has 2 rings (SSSR count). The van der Waals surface area contributed by atoms with E-state index in [2.05, 4.69) is 24.4 Å². The molecule has 1 unspecified atom stereocenters. The average Bonchev–Trinajstić information content (AvgIpc) is 2.49. The predicted molar refractivity (Wildman–Crippen MR) is 80.8 cm³/mol. The number of nitrogens with one attached hydrogen (secondary N) is 1. The van der Waals surface area contributed by atoms with Gasteiger partial charge in [0.2, 0.25) is 0 Å². The molecule has 0 aliphatic carbocycles. The van der Waals surface area contributed by atoms with Crippen molar-refractivity contribution in [2.75, 3.05) is 13.7 Å². The highest BCUT2D eigenvalue weighted by Crippen LogP contribution is 2.17. The van der Waals surface area contributed by atoms with Gasteiger partial charge in [-0.3, -0.25) is 0 Å². The highest BCUT2D eigenvalue weighted by atomic mass is 16.5. The first-order valence-corrected chi connectivity index (χ1v) is 6.78. The third kappa shape index (κ3) is 3.83. The van der Waals surface area contributed by atoms with Crippen LogP contribution in [0.3, 0.4) is 0 Å². The van der Waals surface area contributed by atoms with Crippen LogP contribution in [0.25, 0.3) is 0 Å². The zero-order valence-corrected chi connectivity index (χ0v) is 12.0. The molecule has 0 aromatic heterocycles. The highest BCUT2D eigenvalue weighted by Gasteiger charge is 2.07. The van der Waals surface area contributed by atoms with Crippen molar-refractivity contribution in [2.24, 2.45) is 0 Å². The Hall–Kier alpha value is -1.84. The minimum Gasteiger partial charge on any atom is -0.497 e. The van der Waals surface area contributed by atoms with Crippen LogP contribution < -0.4 is 10.1 Å². The van der Waals surface area contributed by atoms with E-state index in [-0.39, 0.29) is 0 Å². The van der Waals surface area contributed by atoms with E-state index in [1.807, 2.05) is 36.4 Å². The lowest BCUT2D eigenvalue weighted by molar-refractivity contribution is 0.174. The van der Waals surface area contributed by atoms with Crippen molar-refractivity contribution in [1.29, 1.82) is 0 Å². The van der Waals surface area contributed by atoms with E-state index in [0.29, 0.717) is 6.54 Å². The molecule has 3 nitrogen and oxygen atoms in total. The topological polar surface area (TPSA) is 41.5 Å². The van der Waals surface area contributed by atoms with Crippen LogP contribution in [0.2, 0.25) is 0 Å². The first kappa shape index (κ1) is 14.6. The lowest BCUT2D eigenvalue weighted by Crippen LogP contribution is -2.21. The molecule has 0 fully saturated rings. The second-order valence-corrected chi connectivity index (χ2v) is 4.85. The van der Waals surface area contributed by atoms with Crippen molar-refractivity contribution in [3.05, 3.63) is 65.2 Å². The molecular formula is C17H21NO2. The number of hydrogen-bond acceptors (Lipinski definition) is 3. The van der Waals surface area contributed by atoms with Crippen molar-refractivity contribution in [2.45, 2.75) is 19.6 Å². The van der Waals surface area contributed by atoms with Gasteiger partial charge in [0.15, 0.2) is 0 Å². The SMILES string of the molecule is COc1ccc(C(O)CNCc2ccccc2C)cc1. The number of aliphatic hydroxyl groups excluding tert-OH is 1. The van der Waals surface area contributed by atoms with Gasteiger partial charge in [-0.2, -0.15) is 0 Å². The number of ether oxygens (including phenoxy) is 1. The molecule has 2 N–H and O–H groups in total. The third-order valence-corrected chi connectivity index (χ3v) is 3.41. The highest BCUT2D eigenvalue weighted by molar-refractivity contribution is 5.29. The monoisotopic (exact) mass is 271 g/mol. The van der Waals surface area contributed by atoms with Crippen LogP contribution in [0.15, 0.2) is 48.5 Å². The van der Waals surface area contributed by atoms with E-state index in [0.717, 1.165) is 17.9 Å². The van der Waals surface area contributed by atoms with Crippen LogP contribution in [-0.4, -0.2) is 18.8 Å². The molecule has 0 spiro atoms. The average molecular weight is 271 g/mol. The maximum absolute atomic E-state index is 10.1. The summed E-state index contributed by atoms with van der Waals surface area (Å²) in [5.74, 6) is 0.800. The van der Waals surface area contributed by atoms with Gasteiger partial charge in [-0.1, -0.05) is 36.4 Å². The van der Waals surface area contributed by atoms with E-state index >= 15 is 0 Å². The number of aryl methyl sites for hydroxylation is 1. The molecule has 0 saturated heterocycles. The van der Waals surface area contributed by atoms with Crippen molar-refractivity contribution in [1.82, 2.24) is 5.32 Å². The molecule has 2 aromatic carbocycles. The van der Waals surface area contributed by atoms with Crippen LogP contribution >= 0.6 is 0 Å². The van der Waals surface area contributed by atoms with Crippen LogP contribution in [0.5, 0.6) is 5.75 Å².